The lowest BCUT2D eigenvalue weighted by Crippen LogP contribution is -2.11. The van der Waals surface area contributed by atoms with Crippen LogP contribution in [0.4, 0.5) is 0 Å². The SMILES string of the molecule is N#Cc1cc(Cn2nccc2C(=O)O)ccn1. The maximum atomic E-state index is 10.9. The van der Waals surface area contributed by atoms with Gasteiger partial charge in [-0.15, -0.1) is 0 Å². The molecule has 0 amide bonds. The molecule has 2 aromatic rings. The molecule has 0 bridgehead atoms. The molecule has 0 aliphatic carbocycles. The molecule has 2 heterocycles. The number of carbonyl (C=O) groups is 1. The van der Waals surface area contributed by atoms with Gasteiger partial charge in [0.2, 0.25) is 0 Å². The van der Waals surface area contributed by atoms with Gasteiger partial charge in [0.25, 0.3) is 0 Å². The van der Waals surface area contributed by atoms with Crippen LogP contribution >= 0.6 is 0 Å². The highest BCUT2D eigenvalue weighted by Gasteiger charge is 2.10. The van der Waals surface area contributed by atoms with Crippen molar-refractivity contribution in [1.82, 2.24) is 14.8 Å². The predicted molar refractivity (Wildman–Crippen MR) is 57.2 cm³/mol. The van der Waals surface area contributed by atoms with Crippen molar-refractivity contribution in [2.45, 2.75) is 6.54 Å². The Morgan fingerprint density at radius 1 is 1.47 bits per heavy atom. The first-order valence-electron chi connectivity index (χ1n) is 4.81. The Hall–Kier alpha value is -2.68. The molecule has 0 atom stereocenters. The Morgan fingerprint density at radius 3 is 3.00 bits per heavy atom. The van der Waals surface area contributed by atoms with E-state index < -0.39 is 5.97 Å². The number of pyridine rings is 1. The van der Waals surface area contributed by atoms with Gasteiger partial charge in [-0.3, -0.25) is 4.68 Å². The molecule has 0 aliphatic heterocycles. The van der Waals surface area contributed by atoms with Gasteiger partial charge in [0.05, 0.1) is 6.54 Å². The summed E-state index contributed by atoms with van der Waals surface area (Å²) >= 11 is 0. The normalized spacial score (nSPS) is 9.82. The number of nitrogens with zero attached hydrogens (tertiary/aromatic N) is 4. The number of carboxylic acid groups (broad SMARTS) is 1. The van der Waals surface area contributed by atoms with Gasteiger partial charge in [-0.05, 0) is 23.8 Å². The molecule has 0 saturated heterocycles. The molecule has 2 rings (SSSR count). The number of aromatic carboxylic acids is 1. The summed E-state index contributed by atoms with van der Waals surface area (Å²) in [5.41, 5.74) is 1.19. The molecule has 6 heteroatoms. The molecule has 0 aromatic carbocycles. The largest absolute Gasteiger partial charge is 0.477 e. The van der Waals surface area contributed by atoms with E-state index in [1.807, 2.05) is 6.07 Å². The molecule has 2 aromatic heterocycles. The van der Waals surface area contributed by atoms with Crippen LogP contribution in [0.5, 0.6) is 0 Å². The number of hydrogen-bond acceptors (Lipinski definition) is 4. The van der Waals surface area contributed by atoms with Crippen molar-refractivity contribution in [2.24, 2.45) is 0 Å². The highest BCUT2D eigenvalue weighted by atomic mass is 16.4. The number of carboxylic acids is 1. The van der Waals surface area contributed by atoms with Crippen LogP contribution in [0.25, 0.3) is 0 Å². The molecule has 0 spiro atoms. The molecule has 0 aliphatic rings. The zero-order valence-corrected chi connectivity index (χ0v) is 8.74. The molecule has 0 fully saturated rings. The van der Waals surface area contributed by atoms with Crippen LogP contribution in [0.1, 0.15) is 21.7 Å². The first kappa shape index (κ1) is 10.8. The minimum absolute atomic E-state index is 0.111. The minimum atomic E-state index is -1.03. The minimum Gasteiger partial charge on any atom is -0.477 e. The number of hydrogen-bond donors (Lipinski definition) is 1. The van der Waals surface area contributed by atoms with E-state index in [0.29, 0.717) is 12.2 Å². The Morgan fingerprint density at radius 2 is 2.29 bits per heavy atom. The molecule has 84 valence electrons. The third-order valence-electron chi connectivity index (χ3n) is 2.21. The van der Waals surface area contributed by atoms with Crippen molar-refractivity contribution in [1.29, 1.82) is 5.26 Å². The second-order valence-corrected chi connectivity index (χ2v) is 3.34. The second kappa shape index (κ2) is 4.45. The summed E-state index contributed by atoms with van der Waals surface area (Å²) in [6, 6.07) is 6.67. The zero-order chi connectivity index (χ0) is 12.3. The Kier molecular flexibility index (Phi) is 2.83. The molecule has 1 N–H and O–H groups in total. The summed E-state index contributed by atoms with van der Waals surface area (Å²) in [7, 11) is 0. The average molecular weight is 228 g/mol. The maximum Gasteiger partial charge on any atom is 0.354 e. The summed E-state index contributed by atoms with van der Waals surface area (Å²) in [6.07, 6.45) is 2.94. The van der Waals surface area contributed by atoms with Crippen molar-refractivity contribution >= 4 is 5.97 Å². The second-order valence-electron chi connectivity index (χ2n) is 3.34. The third-order valence-corrected chi connectivity index (χ3v) is 2.21. The van der Waals surface area contributed by atoms with Crippen LogP contribution in [-0.2, 0) is 6.54 Å². The first-order chi connectivity index (χ1) is 8.20. The molecule has 17 heavy (non-hydrogen) atoms. The van der Waals surface area contributed by atoms with E-state index in [2.05, 4.69) is 10.1 Å². The zero-order valence-electron chi connectivity index (χ0n) is 8.74. The van der Waals surface area contributed by atoms with Crippen molar-refractivity contribution in [2.75, 3.05) is 0 Å². The van der Waals surface area contributed by atoms with Crippen LogP contribution < -0.4 is 0 Å². The monoisotopic (exact) mass is 228 g/mol. The summed E-state index contributed by atoms with van der Waals surface area (Å²) in [4.78, 5) is 14.7. The Labute approximate surface area is 96.8 Å². The molecular formula is C11H8N4O2. The Bertz CT molecular complexity index is 598. The summed E-state index contributed by atoms with van der Waals surface area (Å²) in [6.45, 7) is 0.297. The lowest BCUT2D eigenvalue weighted by Gasteiger charge is -2.04. The quantitative estimate of drug-likeness (QED) is 0.842. The summed E-state index contributed by atoms with van der Waals surface area (Å²) < 4.78 is 1.36. The molecule has 0 saturated carbocycles. The Balaban J connectivity index is 2.29. The fourth-order valence-electron chi connectivity index (χ4n) is 1.45. The van der Waals surface area contributed by atoms with Crippen molar-refractivity contribution in [3.8, 4) is 6.07 Å². The van der Waals surface area contributed by atoms with Gasteiger partial charge in [0.1, 0.15) is 17.5 Å². The predicted octanol–water partition coefficient (Wildman–Crippen LogP) is 0.896. The van der Waals surface area contributed by atoms with E-state index in [9.17, 15) is 4.79 Å². The van der Waals surface area contributed by atoms with Gasteiger partial charge in [-0.25, -0.2) is 9.78 Å². The van der Waals surface area contributed by atoms with Crippen molar-refractivity contribution in [3.05, 3.63) is 47.5 Å². The number of rotatable bonds is 3. The van der Waals surface area contributed by atoms with Crippen LogP contribution in [0.2, 0.25) is 0 Å². The fourth-order valence-corrected chi connectivity index (χ4v) is 1.45. The van der Waals surface area contributed by atoms with E-state index in [4.69, 9.17) is 10.4 Å². The van der Waals surface area contributed by atoms with Crippen LogP contribution in [-0.4, -0.2) is 25.8 Å². The van der Waals surface area contributed by atoms with E-state index in [-0.39, 0.29) is 5.69 Å². The molecule has 0 unspecified atom stereocenters. The standard InChI is InChI=1S/C11H8N4O2/c12-6-9-5-8(1-3-13-9)7-15-10(11(16)17)2-4-14-15/h1-5H,7H2,(H,16,17). The van der Waals surface area contributed by atoms with E-state index in [1.165, 1.54) is 23.1 Å². The number of nitriles is 1. The van der Waals surface area contributed by atoms with Gasteiger partial charge in [-0.1, -0.05) is 0 Å². The van der Waals surface area contributed by atoms with Gasteiger partial charge < -0.3 is 5.11 Å². The van der Waals surface area contributed by atoms with Crippen molar-refractivity contribution < 1.29 is 9.90 Å². The van der Waals surface area contributed by atoms with Gasteiger partial charge >= 0.3 is 5.97 Å². The smallest absolute Gasteiger partial charge is 0.354 e. The van der Waals surface area contributed by atoms with Gasteiger partial charge in [0, 0.05) is 12.4 Å². The summed E-state index contributed by atoms with van der Waals surface area (Å²) in [5.74, 6) is -1.03. The molecule has 0 radical (unpaired) electrons. The highest BCUT2D eigenvalue weighted by molar-refractivity contribution is 5.85. The van der Waals surface area contributed by atoms with Crippen LogP contribution in [0.3, 0.4) is 0 Å². The molecule has 6 nitrogen and oxygen atoms in total. The fraction of sp³-hybridized carbons (Fsp3) is 0.0909. The maximum absolute atomic E-state index is 10.9. The van der Waals surface area contributed by atoms with Crippen molar-refractivity contribution in [3.63, 3.8) is 0 Å². The summed E-state index contributed by atoms with van der Waals surface area (Å²) in [5, 5.41) is 21.5. The third kappa shape index (κ3) is 2.29. The van der Waals surface area contributed by atoms with Gasteiger partial charge in [0.15, 0.2) is 0 Å². The van der Waals surface area contributed by atoms with E-state index in [0.717, 1.165) is 5.56 Å². The average Bonchev–Trinajstić information content (AvgIpc) is 2.77. The van der Waals surface area contributed by atoms with Crippen LogP contribution in [0, 0.1) is 11.3 Å². The van der Waals surface area contributed by atoms with Gasteiger partial charge in [-0.2, -0.15) is 10.4 Å². The lowest BCUT2D eigenvalue weighted by molar-refractivity contribution is 0.0684. The topological polar surface area (TPSA) is 91.8 Å². The highest BCUT2D eigenvalue weighted by Crippen LogP contribution is 2.06. The number of aromatic nitrogens is 3. The van der Waals surface area contributed by atoms with E-state index in [1.54, 1.807) is 12.1 Å². The van der Waals surface area contributed by atoms with Crippen LogP contribution in [0.15, 0.2) is 30.6 Å². The first-order valence-corrected chi connectivity index (χ1v) is 4.81. The van der Waals surface area contributed by atoms with E-state index >= 15 is 0 Å². The molecular weight excluding hydrogens is 220 g/mol. The lowest BCUT2D eigenvalue weighted by atomic mass is 10.2.